The highest BCUT2D eigenvalue weighted by Gasteiger charge is 2.26. The molecule has 4 nitrogen and oxygen atoms in total. The van der Waals surface area contributed by atoms with Crippen LogP contribution < -0.4 is 0 Å². The van der Waals surface area contributed by atoms with Crippen molar-refractivity contribution in [2.75, 3.05) is 6.54 Å². The van der Waals surface area contributed by atoms with Crippen LogP contribution in [0.5, 0.6) is 0 Å². The average molecular weight is 270 g/mol. The van der Waals surface area contributed by atoms with Crippen LogP contribution in [-0.2, 0) is 9.59 Å². The van der Waals surface area contributed by atoms with Crippen molar-refractivity contribution >= 4 is 24.0 Å². The van der Waals surface area contributed by atoms with E-state index in [1.807, 2.05) is 13.8 Å². The third kappa shape index (κ3) is 3.23. The number of aliphatic carboxylic acids is 1. The van der Waals surface area contributed by atoms with Gasteiger partial charge in [0.15, 0.2) is 6.04 Å². The summed E-state index contributed by atoms with van der Waals surface area (Å²) in [6, 6.07) is 4.05. The Morgan fingerprint density at radius 2 is 2.22 bits per heavy atom. The Balaban J connectivity index is 3.14. The maximum atomic E-state index is 11.3. The van der Waals surface area contributed by atoms with Gasteiger partial charge in [-0.25, -0.2) is 4.79 Å². The summed E-state index contributed by atoms with van der Waals surface area (Å²) >= 11 is 5.99. The van der Waals surface area contributed by atoms with Crippen LogP contribution in [0.3, 0.4) is 0 Å². The lowest BCUT2D eigenvalue weighted by Crippen LogP contribution is -2.33. The summed E-state index contributed by atoms with van der Waals surface area (Å²) < 4.78 is 0. The van der Waals surface area contributed by atoms with Crippen molar-refractivity contribution < 1.29 is 14.7 Å². The van der Waals surface area contributed by atoms with E-state index < -0.39 is 12.0 Å². The number of halogens is 1. The summed E-state index contributed by atoms with van der Waals surface area (Å²) in [7, 11) is 0. The Hall–Kier alpha value is -1.55. The van der Waals surface area contributed by atoms with Gasteiger partial charge in [0, 0.05) is 11.6 Å². The molecule has 0 saturated heterocycles. The van der Waals surface area contributed by atoms with Crippen LogP contribution in [0.1, 0.15) is 30.5 Å². The quantitative estimate of drug-likeness (QED) is 0.808. The fourth-order valence-electron chi connectivity index (χ4n) is 1.76. The van der Waals surface area contributed by atoms with Gasteiger partial charge in [-0.3, -0.25) is 4.79 Å². The SMILES string of the molecule is CCCN(C=O)C(C(=O)O)c1ccc(C)c(Cl)c1. The van der Waals surface area contributed by atoms with Crippen molar-refractivity contribution in [2.24, 2.45) is 0 Å². The van der Waals surface area contributed by atoms with Gasteiger partial charge in [0.05, 0.1) is 0 Å². The molecule has 0 aliphatic heterocycles. The first kappa shape index (κ1) is 14.5. The molecule has 1 aromatic rings. The van der Waals surface area contributed by atoms with E-state index >= 15 is 0 Å². The molecule has 1 amide bonds. The van der Waals surface area contributed by atoms with Gasteiger partial charge in [-0.1, -0.05) is 30.7 Å². The number of amides is 1. The van der Waals surface area contributed by atoms with Crippen molar-refractivity contribution in [3.8, 4) is 0 Å². The van der Waals surface area contributed by atoms with Crippen LogP contribution in [0.25, 0.3) is 0 Å². The average Bonchev–Trinajstić information content (AvgIpc) is 2.32. The van der Waals surface area contributed by atoms with Crippen LogP contribution in [0.15, 0.2) is 18.2 Å². The lowest BCUT2D eigenvalue weighted by atomic mass is 10.0. The third-order valence-electron chi connectivity index (χ3n) is 2.69. The predicted octanol–water partition coefficient (Wildman–Crippen LogP) is 2.64. The van der Waals surface area contributed by atoms with E-state index in [0.29, 0.717) is 30.0 Å². The molecular weight excluding hydrogens is 254 g/mol. The first-order chi connectivity index (χ1) is 8.51. The second kappa shape index (κ2) is 6.40. The Kier molecular flexibility index (Phi) is 5.16. The highest BCUT2D eigenvalue weighted by molar-refractivity contribution is 6.31. The zero-order chi connectivity index (χ0) is 13.7. The Labute approximate surface area is 111 Å². The number of aryl methyl sites for hydroxylation is 1. The van der Waals surface area contributed by atoms with E-state index in [0.717, 1.165) is 5.56 Å². The standard InChI is InChI=1S/C13H16ClNO3/c1-3-6-15(8-16)12(13(17)18)10-5-4-9(2)11(14)7-10/h4-5,7-8,12H,3,6H2,1-2H3,(H,17,18). The van der Waals surface area contributed by atoms with Crippen molar-refractivity contribution in [1.82, 2.24) is 4.90 Å². The zero-order valence-electron chi connectivity index (χ0n) is 10.4. The zero-order valence-corrected chi connectivity index (χ0v) is 11.1. The second-order valence-electron chi connectivity index (χ2n) is 4.09. The minimum absolute atomic E-state index is 0.395. The molecule has 1 atom stereocenters. The van der Waals surface area contributed by atoms with Crippen LogP contribution in [-0.4, -0.2) is 28.9 Å². The van der Waals surface area contributed by atoms with Crippen molar-refractivity contribution in [3.05, 3.63) is 34.3 Å². The number of hydrogen-bond donors (Lipinski definition) is 1. The highest BCUT2D eigenvalue weighted by atomic mass is 35.5. The Morgan fingerprint density at radius 3 is 2.67 bits per heavy atom. The topological polar surface area (TPSA) is 57.6 Å². The molecule has 5 heteroatoms. The van der Waals surface area contributed by atoms with E-state index in [1.165, 1.54) is 4.90 Å². The van der Waals surface area contributed by atoms with Gasteiger partial charge in [0.1, 0.15) is 0 Å². The third-order valence-corrected chi connectivity index (χ3v) is 3.10. The van der Waals surface area contributed by atoms with Crippen molar-refractivity contribution in [2.45, 2.75) is 26.3 Å². The predicted molar refractivity (Wildman–Crippen MR) is 69.6 cm³/mol. The number of carbonyl (C=O) groups excluding carboxylic acids is 1. The number of carboxylic acids is 1. The van der Waals surface area contributed by atoms with Crippen LogP contribution in [0.2, 0.25) is 5.02 Å². The number of rotatable bonds is 6. The lowest BCUT2D eigenvalue weighted by Gasteiger charge is -2.25. The molecule has 0 aliphatic rings. The number of carboxylic acid groups (broad SMARTS) is 1. The fourth-order valence-corrected chi connectivity index (χ4v) is 1.94. The van der Waals surface area contributed by atoms with Crippen LogP contribution in [0, 0.1) is 6.92 Å². The van der Waals surface area contributed by atoms with Gasteiger partial charge in [0.25, 0.3) is 0 Å². The molecule has 0 aromatic heterocycles. The Bertz CT molecular complexity index is 448. The molecule has 0 aliphatic carbocycles. The molecule has 1 N–H and O–H groups in total. The number of hydrogen-bond acceptors (Lipinski definition) is 2. The van der Waals surface area contributed by atoms with E-state index in [9.17, 15) is 14.7 Å². The van der Waals surface area contributed by atoms with Gasteiger partial charge in [-0.2, -0.15) is 0 Å². The molecule has 0 radical (unpaired) electrons. The summed E-state index contributed by atoms with van der Waals surface area (Å²) in [5.74, 6) is -1.06. The fraction of sp³-hybridized carbons (Fsp3) is 0.385. The molecule has 98 valence electrons. The molecule has 1 unspecified atom stereocenters. The molecule has 18 heavy (non-hydrogen) atoms. The minimum Gasteiger partial charge on any atom is -0.479 e. The van der Waals surface area contributed by atoms with Crippen LogP contribution >= 0.6 is 11.6 Å². The molecule has 1 rings (SSSR count). The summed E-state index contributed by atoms with van der Waals surface area (Å²) in [6.45, 7) is 4.12. The molecule has 0 spiro atoms. The van der Waals surface area contributed by atoms with Gasteiger partial charge < -0.3 is 10.0 Å². The largest absolute Gasteiger partial charge is 0.479 e. The smallest absolute Gasteiger partial charge is 0.331 e. The van der Waals surface area contributed by atoms with E-state index in [1.54, 1.807) is 18.2 Å². The van der Waals surface area contributed by atoms with Gasteiger partial charge in [-0.15, -0.1) is 0 Å². The van der Waals surface area contributed by atoms with Crippen molar-refractivity contribution in [1.29, 1.82) is 0 Å². The summed E-state index contributed by atoms with van der Waals surface area (Å²) in [6.07, 6.45) is 1.26. The van der Waals surface area contributed by atoms with E-state index in [4.69, 9.17) is 11.6 Å². The summed E-state index contributed by atoms with van der Waals surface area (Å²) in [5, 5.41) is 9.77. The molecule has 0 fully saturated rings. The molecular formula is C13H16ClNO3. The van der Waals surface area contributed by atoms with E-state index in [2.05, 4.69) is 0 Å². The summed E-state index contributed by atoms with van der Waals surface area (Å²) in [4.78, 5) is 23.6. The Morgan fingerprint density at radius 1 is 1.56 bits per heavy atom. The number of nitrogens with zero attached hydrogens (tertiary/aromatic N) is 1. The maximum absolute atomic E-state index is 11.3. The van der Waals surface area contributed by atoms with Crippen LogP contribution in [0.4, 0.5) is 0 Å². The molecule has 0 bridgehead atoms. The molecule has 0 heterocycles. The molecule has 0 saturated carbocycles. The lowest BCUT2D eigenvalue weighted by molar-refractivity contribution is -0.146. The first-order valence-corrected chi connectivity index (χ1v) is 6.09. The minimum atomic E-state index is -1.06. The highest BCUT2D eigenvalue weighted by Crippen LogP contribution is 2.25. The number of benzene rings is 1. The number of carbonyl (C=O) groups is 2. The maximum Gasteiger partial charge on any atom is 0.331 e. The monoisotopic (exact) mass is 269 g/mol. The van der Waals surface area contributed by atoms with Crippen molar-refractivity contribution in [3.63, 3.8) is 0 Å². The first-order valence-electron chi connectivity index (χ1n) is 5.71. The second-order valence-corrected chi connectivity index (χ2v) is 4.50. The summed E-state index contributed by atoms with van der Waals surface area (Å²) in [5.41, 5.74) is 1.39. The molecule has 1 aromatic carbocycles. The normalized spacial score (nSPS) is 11.9. The van der Waals surface area contributed by atoms with Gasteiger partial charge in [-0.05, 0) is 30.5 Å². The van der Waals surface area contributed by atoms with Gasteiger partial charge in [0.2, 0.25) is 6.41 Å². The van der Waals surface area contributed by atoms with Gasteiger partial charge >= 0.3 is 5.97 Å². The van der Waals surface area contributed by atoms with E-state index in [-0.39, 0.29) is 0 Å².